The molecule has 0 spiro atoms. The molecule has 0 aromatic heterocycles. The molecule has 3 nitrogen and oxygen atoms in total. The minimum absolute atomic E-state index is 0.115. The van der Waals surface area contributed by atoms with E-state index in [1.807, 2.05) is 24.3 Å². The summed E-state index contributed by atoms with van der Waals surface area (Å²) in [5.74, 6) is 0.123. The Hall–Kier alpha value is -0.710. The number of ketones is 1. The molecule has 1 fully saturated rings. The Morgan fingerprint density at radius 3 is 2.53 bits per heavy atom. The minimum atomic E-state index is 0.115. The van der Waals surface area contributed by atoms with Gasteiger partial charge in [0.05, 0.1) is 13.2 Å². The van der Waals surface area contributed by atoms with Gasteiger partial charge < -0.3 is 5.11 Å². The summed E-state index contributed by atoms with van der Waals surface area (Å²) in [7, 11) is 0. The van der Waals surface area contributed by atoms with Crippen LogP contribution in [0.25, 0.3) is 0 Å². The first-order valence-electron chi connectivity index (χ1n) is 5.84. The molecule has 0 heterocycles. The number of benzene rings is 1. The van der Waals surface area contributed by atoms with E-state index in [0.29, 0.717) is 19.1 Å². The molecule has 0 unspecified atom stereocenters. The average Bonchev–Trinajstić information content (AvgIpc) is 3.13. The van der Waals surface area contributed by atoms with Gasteiger partial charge in [0.25, 0.3) is 0 Å². The van der Waals surface area contributed by atoms with Crippen LogP contribution < -0.4 is 0 Å². The molecule has 0 aliphatic heterocycles. The predicted molar refractivity (Wildman–Crippen MR) is 70.2 cm³/mol. The van der Waals surface area contributed by atoms with Crippen LogP contribution in [0.2, 0.25) is 0 Å². The summed E-state index contributed by atoms with van der Waals surface area (Å²) < 4.78 is 0.975. The van der Waals surface area contributed by atoms with Crippen molar-refractivity contribution in [1.29, 1.82) is 0 Å². The Balaban J connectivity index is 1.97. The zero-order valence-electron chi connectivity index (χ0n) is 9.60. The summed E-state index contributed by atoms with van der Waals surface area (Å²) in [5, 5.41) is 8.97. The smallest absolute Gasteiger partial charge is 0.176 e. The molecule has 4 heteroatoms. The highest BCUT2D eigenvalue weighted by atomic mass is 79.9. The molecule has 2 rings (SSSR count). The predicted octanol–water partition coefficient (Wildman–Crippen LogP) is 2.09. The molecule has 92 valence electrons. The van der Waals surface area contributed by atoms with E-state index in [2.05, 4.69) is 20.8 Å². The molecule has 1 aromatic rings. The number of halogens is 1. The SMILES string of the molecule is O=C(CN(CCO)C1CC1)c1ccc(Br)cc1. The lowest BCUT2D eigenvalue weighted by molar-refractivity contribution is 0.0907. The van der Waals surface area contributed by atoms with Crippen molar-refractivity contribution >= 4 is 21.7 Å². The molecule has 1 aromatic carbocycles. The largest absolute Gasteiger partial charge is 0.395 e. The number of nitrogens with zero attached hydrogens (tertiary/aromatic N) is 1. The van der Waals surface area contributed by atoms with Gasteiger partial charge in [0.2, 0.25) is 0 Å². The number of hydrogen-bond donors (Lipinski definition) is 1. The van der Waals surface area contributed by atoms with Crippen molar-refractivity contribution in [2.75, 3.05) is 19.7 Å². The molecule has 1 aliphatic carbocycles. The van der Waals surface area contributed by atoms with E-state index in [0.717, 1.165) is 22.9 Å². The molecule has 0 saturated heterocycles. The van der Waals surface area contributed by atoms with Gasteiger partial charge in [-0.05, 0) is 25.0 Å². The summed E-state index contributed by atoms with van der Waals surface area (Å²) in [6, 6.07) is 7.91. The van der Waals surface area contributed by atoms with Gasteiger partial charge in [-0.15, -0.1) is 0 Å². The summed E-state index contributed by atoms with van der Waals surface area (Å²) in [5.41, 5.74) is 0.733. The van der Waals surface area contributed by atoms with E-state index in [-0.39, 0.29) is 12.4 Å². The van der Waals surface area contributed by atoms with Crippen LogP contribution in [0.1, 0.15) is 23.2 Å². The van der Waals surface area contributed by atoms with Crippen molar-refractivity contribution in [3.05, 3.63) is 34.3 Å². The maximum absolute atomic E-state index is 12.0. The highest BCUT2D eigenvalue weighted by Crippen LogP contribution is 2.26. The molecular formula is C13H16BrNO2. The van der Waals surface area contributed by atoms with E-state index < -0.39 is 0 Å². The van der Waals surface area contributed by atoms with Gasteiger partial charge >= 0.3 is 0 Å². The Bertz CT molecular complexity index is 387. The van der Waals surface area contributed by atoms with Crippen LogP contribution in [-0.2, 0) is 0 Å². The number of carbonyl (C=O) groups is 1. The Morgan fingerprint density at radius 2 is 2.00 bits per heavy atom. The molecule has 1 N–H and O–H groups in total. The van der Waals surface area contributed by atoms with Gasteiger partial charge in [0, 0.05) is 22.6 Å². The second-order valence-corrected chi connectivity index (χ2v) is 5.27. The fourth-order valence-corrected chi connectivity index (χ4v) is 2.13. The van der Waals surface area contributed by atoms with E-state index in [9.17, 15) is 4.79 Å². The lowest BCUT2D eigenvalue weighted by atomic mass is 10.1. The third-order valence-corrected chi connectivity index (χ3v) is 3.49. The van der Waals surface area contributed by atoms with Gasteiger partial charge in [0.1, 0.15) is 0 Å². The maximum atomic E-state index is 12.0. The van der Waals surface area contributed by atoms with Gasteiger partial charge in [0.15, 0.2) is 5.78 Å². The first-order chi connectivity index (χ1) is 8.20. The van der Waals surface area contributed by atoms with Gasteiger partial charge in [-0.2, -0.15) is 0 Å². The van der Waals surface area contributed by atoms with Crippen LogP contribution in [-0.4, -0.2) is 41.5 Å². The lowest BCUT2D eigenvalue weighted by Crippen LogP contribution is -2.34. The topological polar surface area (TPSA) is 40.5 Å². The Kier molecular flexibility index (Phi) is 4.31. The van der Waals surface area contributed by atoms with Gasteiger partial charge in [-0.1, -0.05) is 28.1 Å². The van der Waals surface area contributed by atoms with Crippen molar-refractivity contribution < 1.29 is 9.90 Å². The summed E-state index contributed by atoms with van der Waals surface area (Å²) in [4.78, 5) is 14.1. The number of Topliss-reactive ketones (excluding diaryl/α,β-unsaturated/α-hetero) is 1. The van der Waals surface area contributed by atoms with E-state index in [1.54, 1.807) is 0 Å². The third kappa shape index (κ3) is 3.63. The Labute approximate surface area is 110 Å². The van der Waals surface area contributed by atoms with Crippen molar-refractivity contribution in [2.24, 2.45) is 0 Å². The third-order valence-electron chi connectivity index (χ3n) is 2.96. The highest BCUT2D eigenvalue weighted by Gasteiger charge is 2.29. The van der Waals surface area contributed by atoms with Crippen molar-refractivity contribution in [3.63, 3.8) is 0 Å². The maximum Gasteiger partial charge on any atom is 0.176 e. The minimum Gasteiger partial charge on any atom is -0.395 e. The van der Waals surface area contributed by atoms with Crippen LogP contribution in [0.15, 0.2) is 28.7 Å². The summed E-state index contributed by atoms with van der Waals surface area (Å²) in [6.45, 7) is 1.11. The number of rotatable bonds is 6. The lowest BCUT2D eigenvalue weighted by Gasteiger charge is -2.19. The van der Waals surface area contributed by atoms with Crippen molar-refractivity contribution in [1.82, 2.24) is 4.90 Å². The molecule has 0 atom stereocenters. The van der Waals surface area contributed by atoms with Crippen molar-refractivity contribution in [2.45, 2.75) is 18.9 Å². The van der Waals surface area contributed by atoms with Crippen LogP contribution in [0.4, 0.5) is 0 Å². The Morgan fingerprint density at radius 1 is 1.35 bits per heavy atom. The van der Waals surface area contributed by atoms with Crippen molar-refractivity contribution in [3.8, 4) is 0 Å². The second-order valence-electron chi connectivity index (χ2n) is 4.36. The second kappa shape index (κ2) is 5.76. The standard InChI is InChI=1S/C13H16BrNO2/c14-11-3-1-10(2-4-11)13(17)9-15(7-8-16)12-5-6-12/h1-4,12,16H,5-9H2. The van der Waals surface area contributed by atoms with E-state index in [1.165, 1.54) is 0 Å². The average molecular weight is 298 g/mol. The normalized spacial score (nSPS) is 15.2. The quantitative estimate of drug-likeness (QED) is 0.818. The van der Waals surface area contributed by atoms with Crippen LogP contribution >= 0.6 is 15.9 Å². The fraction of sp³-hybridized carbons (Fsp3) is 0.462. The van der Waals surface area contributed by atoms with Gasteiger partial charge in [-0.3, -0.25) is 9.69 Å². The summed E-state index contributed by atoms with van der Waals surface area (Å²) in [6.07, 6.45) is 2.29. The van der Waals surface area contributed by atoms with E-state index >= 15 is 0 Å². The zero-order valence-corrected chi connectivity index (χ0v) is 11.2. The molecule has 17 heavy (non-hydrogen) atoms. The molecule has 1 saturated carbocycles. The van der Waals surface area contributed by atoms with Gasteiger partial charge in [-0.25, -0.2) is 0 Å². The molecule has 1 aliphatic rings. The van der Waals surface area contributed by atoms with Crippen LogP contribution in [0, 0.1) is 0 Å². The van der Waals surface area contributed by atoms with E-state index in [4.69, 9.17) is 5.11 Å². The molecule has 0 bridgehead atoms. The number of aliphatic hydroxyl groups excluding tert-OH is 1. The first-order valence-corrected chi connectivity index (χ1v) is 6.63. The molecule has 0 amide bonds. The zero-order chi connectivity index (χ0) is 12.3. The number of aliphatic hydroxyl groups is 1. The molecular weight excluding hydrogens is 282 g/mol. The first kappa shape index (κ1) is 12.7. The number of hydrogen-bond acceptors (Lipinski definition) is 3. The van der Waals surface area contributed by atoms with Crippen LogP contribution in [0.5, 0.6) is 0 Å². The van der Waals surface area contributed by atoms with Crippen LogP contribution in [0.3, 0.4) is 0 Å². The monoisotopic (exact) mass is 297 g/mol. The molecule has 0 radical (unpaired) electrons. The summed E-state index contributed by atoms with van der Waals surface area (Å²) >= 11 is 3.35. The highest BCUT2D eigenvalue weighted by molar-refractivity contribution is 9.10. The number of carbonyl (C=O) groups excluding carboxylic acids is 1. The fourth-order valence-electron chi connectivity index (χ4n) is 1.87.